The molecule has 0 saturated carbocycles. The van der Waals surface area contributed by atoms with Gasteiger partial charge in [0, 0.05) is 23.2 Å². The molecule has 1 aromatic carbocycles. The summed E-state index contributed by atoms with van der Waals surface area (Å²) in [6.07, 6.45) is 1.04. The second-order valence-electron chi connectivity index (χ2n) is 5.26. The second kappa shape index (κ2) is 7.22. The highest BCUT2D eigenvalue weighted by Crippen LogP contribution is 2.17. The molecule has 0 aliphatic heterocycles. The maximum Gasteiger partial charge on any atom is 0.335 e. The molecule has 0 aliphatic rings. The third-order valence-electron chi connectivity index (χ3n) is 3.44. The molecule has 0 radical (unpaired) electrons. The number of nitrogens with zero attached hydrogens (tertiary/aromatic N) is 1. The third-order valence-corrected chi connectivity index (χ3v) is 4.43. The summed E-state index contributed by atoms with van der Waals surface area (Å²) in [5.74, 6) is -0.845. The molecule has 0 spiro atoms. The van der Waals surface area contributed by atoms with Crippen molar-refractivity contribution in [2.75, 3.05) is 7.05 Å². The van der Waals surface area contributed by atoms with Crippen molar-refractivity contribution >= 4 is 23.2 Å². The predicted molar refractivity (Wildman–Crippen MR) is 87.3 cm³/mol. The van der Waals surface area contributed by atoms with Crippen molar-refractivity contribution < 1.29 is 14.7 Å². The Morgan fingerprint density at radius 2 is 1.82 bits per heavy atom. The van der Waals surface area contributed by atoms with Crippen LogP contribution in [-0.4, -0.2) is 28.9 Å². The van der Waals surface area contributed by atoms with Gasteiger partial charge in [-0.05, 0) is 43.2 Å². The van der Waals surface area contributed by atoms with Gasteiger partial charge < -0.3 is 10.0 Å². The molecule has 5 heteroatoms. The van der Waals surface area contributed by atoms with E-state index in [1.54, 1.807) is 40.5 Å². The Bertz CT molecular complexity index is 661. The van der Waals surface area contributed by atoms with Crippen LogP contribution in [-0.2, 0) is 17.8 Å². The number of benzene rings is 1. The molecule has 0 fully saturated rings. The van der Waals surface area contributed by atoms with Crippen molar-refractivity contribution in [2.45, 2.75) is 26.3 Å². The average molecular weight is 317 g/mol. The molecule has 0 aliphatic carbocycles. The summed E-state index contributed by atoms with van der Waals surface area (Å²) < 4.78 is 0. The number of aryl methyl sites for hydroxylation is 2. The SMILES string of the molecule is Cc1ccc(CN(C)C(=O)CCc2ccc(C(=O)O)cc2)s1. The van der Waals surface area contributed by atoms with Gasteiger partial charge in [-0.15, -0.1) is 11.3 Å². The van der Waals surface area contributed by atoms with Crippen LogP contribution in [0.3, 0.4) is 0 Å². The van der Waals surface area contributed by atoms with E-state index in [0.717, 1.165) is 5.56 Å². The van der Waals surface area contributed by atoms with Gasteiger partial charge in [0.25, 0.3) is 0 Å². The fraction of sp³-hybridized carbons (Fsp3) is 0.294. The average Bonchev–Trinajstić information content (AvgIpc) is 2.90. The molecule has 4 nitrogen and oxygen atoms in total. The maximum atomic E-state index is 12.1. The highest BCUT2D eigenvalue weighted by atomic mass is 32.1. The fourth-order valence-corrected chi connectivity index (χ4v) is 3.09. The summed E-state index contributed by atoms with van der Waals surface area (Å²) in [4.78, 5) is 27.1. The molecule has 0 atom stereocenters. The summed E-state index contributed by atoms with van der Waals surface area (Å²) in [7, 11) is 1.81. The summed E-state index contributed by atoms with van der Waals surface area (Å²) in [5, 5.41) is 8.85. The lowest BCUT2D eigenvalue weighted by Gasteiger charge is -2.16. The van der Waals surface area contributed by atoms with E-state index in [1.807, 2.05) is 7.05 Å². The van der Waals surface area contributed by atoms with Crippen molar-refractivity contribution in [1.82, 2.24) is 4.90 Å². The van der Waals surface area contributed by atoms with Gasteiger partial charge in [0.05, 0.1) is 12.1 Å². The molecule has 0 unspecified atom stereocenters. The highest BCUT2D eigenvalue weighted by Gasteiger charge is 2.11. The van der Waals surface area contributed by atoms with Crippen molar-refractivity contribution in [3.63, 3.8) is 0 Å². The number of hydrogen-bond donors (Lipinski definition) is 1. The molecule has 2 aromatic rings. The first-order chi connectivity index (χ1) is 10.5. The summed E-state index contributed by atoms with van der Waals surface area (Å²) in [5.41, 5.74) is 1.24. The van der Waals surface area contributed by atoms with Crippen LogP contribution in [0.15, 0.2) is 36.4 Å². The van der Waals surface area contributed by atoms with Crippen molar-refractivity contribution in [3.8, 4) is 0 Å². The van der Waals surface area contributed by atoms with Gasteiger partial charge in [-0.25, -0.2) is 4.79 Å². The number of thiophene rings is 1. The van der Waals surface area contributed by atoms with Gasteiger partial charge >= 0.3 is 5.97 Å². The number of carboxylic acid groups (broad SMARTS) is 1. The zero-order valence-corrected chi connectivity index (χ0v) is 13.5. The molecule has 2 rings (SSSR count). The normalized spacial score (nSPS) is 10.5. The molecular weight excluding hydrogens is 298 g/mol. The minimum absolute atomic E-state index is 0.0911. The third kappa shape index (κ3) is 4.43. The van der Waals surface area contributed by atoms with E-state index in [0.29, 0.717) is 19.4 Å². The largest absolute Gasteiger partial charge is 0.478 e. The van der Waals surface area contributed by atoms with Gasteiger partial charge in [0.2, 0.25) is 5.91 Å². The monoisotopic (exact) mass is 317 g/mol. The first-order valence-corrected chi connectivity index (χ1v) is 7.89. The summed E-state index contributed by atoms with van der Waals surface area (Å²) in [6.45, 7) is 2.69. The van der Waals surface area contributed by atoms with Crippen LogP contribution in [0.4, 0.5) is 0 Å². The Morgan fingerprint density at radius 1 is 1.14 bits per heavy atom. The zero-order chi connectivity index (χ0) is 16.1. The Balaban J connectivity index is 1.85. The lowest BCUT2D eigenvalue weighted by molar-refractivity contribution is -0.130. The van der Waals surface area contributed by atoms with Crippen LogP contribution in [0.2, 0.25) is 0 Å². The standard InChI is InChI=1S/C17H19NO3S/c1-12-3-9-15(22-12)11-18(2)16(19)10-6-13-4-7-14(8-5-13)17(20)21/h3-5,7-9H,6,10-11H2,1-2H3,(H,20,21). The van der Waals surface area contributed by atoms with E-state index >= 15 is 0 Å². The van der Waals surface area contributed by atoms with E-state index in [9.17, 15) is 9.59 Å². The number of amides is 1. The molecule has 0 bridgehead atoms. The van der Waals surface area contributed by atoms with E-state index < -0.39 is 5.97 Å². The molecule has 1 heterocycles. The van der Waals surface area contributed by atoms with Crippen LogP contribution in [0.5, 0.6) is 0 Å². The van der Waals surface area contributed by atoms with Crippen LogP contribution in [0.25, 0.3) is 0 Å². The smallest absolute Gasteiger partial charge is 0.335 e. The first kappa shape index (κ1) is 16.2. The minimum atomic E-state index is -0.936. The Labute approximate surface area is 134 Å². The molecule has 0 saturated heterocycles. The van der Waals surface area contributed by atoms with Gasteiger partial charge in [-0.3, -0.25) is 4.79 Å². The van der Waals surface area contributed by atoms with Crippen molar-refractivity contribution in [2.24, 2.45) is 0 Å². The predicted octanol–water partition coefficient (Wildman–Crippen LogP) is 3.35. The highest BCUT2D eigenvalue weighted by molar-refractivity contribution is 7.11. The quantitative estimate of drug-likeness (QED) is 0.889. The van der Waals surface area contributed by atoms with Crippen LogP contribution in [0, 0.1) is 6.92 Å². The summed E-state index contributed by atoms with van der Waals surface area (Å²) >= 11 is 1.70. The number of hydrogen-bond acceptors (Lipinski definition) is 3. The van der Waals surface area contributed by atoms with Crippen LogP contribution in [0.1, 0.15) is 32.1 Å². The van der Waals surface area contributed by atoms with E-state index in [-0.39, 0.29) is 11.5 Å². The molecule has 1 aromatic heterocycles. The molecule has 1 amide bonds. The Kier molecular flexibility index (Phi) is 5.33. The Hall–Kier alpha value is -2.14. The first-order valence-electron chi connectivity index (χ1n) is 7.07. The van der Waals surface area contributed by atoms with Crippen LogP contribution >= 0.6 is 11.3 Å². The second-order valence-corrected chi connectivity index (χ2v) is 6.64. The number of rotatable bonds is 6. The van der Waals surface area contributed by atoms with Gasteiger partial charge in [0.1, 0.15) is 0 Å². The lowest BCUT2D eigenvalue weighted by atomic mass is 10.1. The Morgan fingerprint density at radius 3 is 2.36 bits per heavy atom. The van der Waals surface area contributed by atoms with Crippen molar-refractivity contribution in [1.29, 1.82) is 0 Å². The maximum absolute atomic E-state index is 12.1. The molecule has 116 valence electrons. The van der Waals surface area contributed by atoms with E-state index in [2.05, 4.69) is 19.1 Å². The number of carboxylic acids is 1. The van der Waals surface area contributed by atoms with E-state index in [1.165, 1.54) is 9.75 Å². The van der Waals surface area contributed by atoms with Gasteiger partial charge in [0.15, 0.2) is 0 Å². The molecule has 22 heavy (non-hydrogen) atoms. The zero-order valence-electron chi connectivity index (χ0n) is 12.7. The number of carbonyl (C=O) groups is 2. The van der Waals surface area contributed by atoms with Crippen molar-refractivity contribution in [3.05, 3.63) is 57.3 Å². The van der Waals surface area contributed by atoms with Crippen LogP contribution < -0.4 is 0 Å². The van der Waals surface area contributed by atoms with Gasteiger partial charge in [-0.1, -0.05) is 12.1 Å². The lowest BCUT2D eigenvalue weighted by Crippen LogP contribution is -2.25. The number of aromatic carboxylic acids is 1. The molecule has 1 N–H and O–H groups in total. The van der Waals surface area contributed by atoms with E-state index in [4.69, 9.17) is 5.11 Å². The molecular formula is C17H19NO3S. The summed E-state index contributed by atoms with van der Waals surface area (Å²) in [6, 6.07) is 10.8. The fourth-order valence-electron chi connectivity index (χ4n) is 2.15. The number of carbonyl (C=O) groups excluding carboxylic acids is 1. The topological polar surface area (TPSA) is 57.6 Å². The van der Waals surface area contributed by atoms with Gasteiger partial charge in [-0.2, -0.15) is 0 Å². The minimum Gasteiger partial charge on any atom is -0.478 e.